The van der Waals surface area contributed by atoms with Crippen LogP contribution >= 0.6 is 0 Å². The number of rotatable bonds is 2. The average molecular weight is 249 g/mol. The summed E-state index contributed by atoms with van der Waals surface area (Å²) in [6, 6.07) is 0. The first-order valence-electron chi connectivity index (χ1n) is 5.80. The molecule has 0 radical (unpaired) electrons. The molecule has 1 N–H and O–H groups in total. The molecular weight excluding hydrogens is 230 g/mol. The van der Waals surface area contributed by atoms with E-state index < -0.39 is 15.6 Å². The molecule has 0 aliphatic carbocycles. The van der Waals surface area contributed by atoms with Crippen LogP contribution in [0.3, 0.4) is 0 Å². The molecule has 0 unspecified atom stereocenters. The summed E-state index contributed by atoms with van der Waals surface area (Å²) in [4.78, 5) is 0. The summed E-state index contributed by atoms with van der Waals surface area (Å²) >= 11 is 0. The summed E-state index contributed by atoms with van der Waals surface area (Å²) in [5.41, 5.74) is -0.600. The molecule has 0 aromatic carbocycles. The van der Waals surface area contributed by atoms with E-state index in [1.165, 1.54) is 4.31 Å². The Hall–Kier alpha value is -0.170. The Bertz CT molecular complexity index is 335. The molecule has 16 heavy (non-hydrogen) atoms. The van der Waals surface area contributed by atoms with Gasteiger partial charge in [0.15, 0.2) is 0 Å². The molecule has 0 atom stereocenters. The highest BCUT2D eigenvalue weighted by Gasteiger charge is 2.44. The van der Waals surface area contributed by atoms with Crippen LogP contribution in [-0.4, -0.2) is 55.5 Å². The van der Waals surface area contributed by atoms with Crippen LogP contribution in [0.1, 0.15) is 25.7 Å². The van der Waals surface area contributed by atoms with E-state index in [2.05, 4.69) is 0 Å². The van der Waals surface area contributed by atoms with Gasteiger partial charge >= 0.3 is 0 Å². The third-order valence-electron chi connectivity index (χ3n) is 3.60. The number of aliphatic hydroxyl groups excluding tert-OH is 1. The zero-order valence-corrected chi connectivity index (χ0v) is 10.2. The van der Waals surface area contributed by atoms with Crippen LogP contribution in [0.4, 0.5) is 0 Å². The Kier molecular flexibility index (Phi) is 3.53. The first-order chi connectivity index (χ1) is 7.61. The molecule has 0 amide bonds. The highest BCUT2D eigenvalue weighted by molar-refractivity contribution is 7.89. The Morgan fingerprint density at radius 1 is 1.25 bits per heavy atom. The maximum absolute atomic E-state index is 12.0. The van der Waals surface area contributed by atoms with Crippen LogP contribution in [0, 0.1) is 0 Å². The number of nitrogens with zero attached hydrogens (tertiary/aromatic N) is 1. The molecule has 0 spiro atoms. The predicted molar refractivity (Wildman–Crippen MR) is 59.6 cm³/mol. The van der Waals surface area contributed by atoms with Gasteiger partial charge in [0.25, 0.3) is 0 Å². The summed E-state index contributed by atoms with van der Waals surface area (Å²) < 4.78 is 30.8. The fraction of sp³-hybridized carbons (Fsp3) is 1.00. The van der Waals surface area contributed by atoms with Crippen LogP contribution in [0.5, 0.6) is 0 Å². The minimum atomic E-state index is -3.18. The van der Waals surface area contributed by atoms with Crippen molar-refractivity contribution in [1.29, 1.82) is 0 Å². The molecular formula is C10H19NO4S. The lowest BCUT2D eigenvalue weighted by Gasteiger charge is -2.45. The Morgan fingerprint density at radius 3 is 2.50 bits per heavy atom. The molecule has 0 bridgehead atoms. The summed E-state index contributed by atoms with van der Waals surface area (Å²) in [6.07, 6.45) is 2.82. The van der Waals surface area contributed by atoms with E-state index in [9.17, 15) is 13.5 Å². The van der Waals surface area contributed by atoms with Gasteiger partial charge in [0.1, 0.15) is 0 Å². The van der Waals surface area contributed by atoms with Gasteiger partial charge in [0, 0.05) is 19.8 Å². The van der Waals surface area contributed by atoms with Crippen LogP contribution in [0.2, 0.25) is 0 Å². The number of ether oxygens (including phenoxy) is 1. The normalized spacial score (nSPS) is 30.1. The smallest absolute Gasteiger partial charge is 0.214 e. The van der Waals surface area contributed by atoms with Gasteiger partial charge in [-0.15, -0.1) is 0 Å². The van der Waals surface area contributed by atoms with Gasteiger partial charge in [-0.3, -0.25) is 0 Å². The van der Waals surface area contributed by atoms with Crippen molar-refractivity contribution in [2.75, 3.05) is 32.1 Å². The SMILES string of the molecule is O=S1(=O)CCCCN1C1(CO)CCOCC1. The summed E-state index contributed by atoms with van der Waals surface area (Å²) in [7, 11) is -3.18. The summed E-state index contributed by atoms with van der Waals surface area (Å²) in [5, 5.41) is 9.56. The molecule has 2 saturated heterocycles. The topological polar surface area (TPSA) is 66.8 Å². The van der Waals surface area contributed by atoms with E-state index in [0.29, 0.717) is 32.6 Å². The van der Waals surface area contributed by atoms with Gasteiger partial charge in [-0.05, 0) is 25.7 Å². The molecule has 2 aliphatic heterocycles. The van der Waals surface area contributed by atoms with Crippen molar-refractivity contribution in [2.45, 2.75) is 31.2 Å². The number of hydrogen-bond donors (Lipinski definition) is 1. The lowest BCUT2D eigenvalue weighted by molar-refractivity contribution is -0.0247. The molecule has 2 aliphatic rings. The van der Waals surface area contributed by atoms with Crippen LogP contribution < -0.4 is 0 Å². The Balaban J connectivity index is 2.25. The van der Waals surface area contributed by atoms with Crippen molar-refractivity contribution < 1.29 is 18.3 Å². The number of sulfonamides is 1. The fourth-order valence-electron chi connectivity index (χ4n) is 2.56. The molecule has 2 fully saturated rings. The Morgan fingerprint density at radius 2 is 1.94 bits per heavy atom. The third-order valence-corrected chi connectivity index (χ3v) is 5.64. The average Bonchev–Trinajstić information content (AvgIpc) is 2.29. The Labute approximate surface area is 96.4 Å². The molecule has 0 aromatic rings. The van der Waals surface area contributed by atoms with Crippen molar-refractivity contribution in [1.82, 2.24) is 4.31 Å². The highest BCUT2D eigenvalue weighted by Crippen LogP contribution is 2.32. The maximum Gasteiger partial charge on any atom is 0.214 e. The largest absolute Gasteiger partial charge is 0.394 e. The van der Waals surface area contributed by atoms with E-state index in [1.807, 2.05) is 0 Å². The monoisotopic (exact) mass is 249 g/mol. The predicted octanol–water partition coefficient (Wildman–Crippen LogP) is -0.0465. The van der Waals surface area contributed by atoms with E-state index in [0.717, 1.165) is 12.8 Å². The van der Waals surface area contributed by atoms with Gasteiger partial charge in [-0.2, -0.15) is 4.31 Å². The van der Waals surface area contributed by atoms with Crippen molar-refractivity contribution in [3.63, 3.8) is 0 Å². The molecule has 0 saturated carbocycles. The van der Waals surface area contributed by atoms with E-state index in [-0.39, 0.29) is 12.4 Å². The van der Waals surface area contributed by atoms with Gasteiger partial charge in [0.2, 0.25) is 10.0 Å². The van der Waals surface area contributed by atoms with Gasteiger partial charge in [-0.1, -0.05) is 0 Å². The lowest BCUT2D eigenvalue weighted by atomic mass is 9.90. The quantitative estimate of drug-likeness (QED) is 0.745. The minimum absolute atomic E-state index is 0.102. The van der Waals surface area contributed by atoms with E-state index in [1.54, 1.807) is 0 Å². The van der Waals surface area contributed by atoms with Gasteiger partial charge < -0.3 is 9.84 Å². The van der Waals surface area contributed by atoms with Crippen molar-refractivity contribution in [2.24, 2.45) is 0 Å². The lowest BCUT2D eigenvalue weighted by Crippen LogP contribution is -2.59. The van der Waals surface area contributed by atoms with Crippen molar-refractivity contribution in [3.8, 4) is 0 Å². The first kappa shape index (κ1) is 12.3. The molecule has 0 aromatic heterocycles. The second-order valence-electron chi connectivity index (χ2n) is 4.59. The first-order valence-corrected chi connectivity index (χ1v) is 7.41. The molecule has 94 valence electrons. The van der Waals surface area contributed by atoms with Crippen molar-refractivity contribution in [3.05, 3.63) is 0 Å². The zero-order valence-electron chi connectivity index (χ0n) is 9.39. The second kappa shape index (κ2) is 4.60. The molecule has 2 rings (SSSR count). The minimum Gasteiger partial charge on any atom is -0.394 e. The number of hydrogen-bond acceptors (Lipinski definition) is 4. The maximum atomic E-state index is 12.0. The summed E-state index contributed by atoms with van der Waals surface area (Å²) in [5.74, 6) is 0.218. The van der Waals surface area contributed by atoms with Crippen LogP contribution in [0.15, 0.2) is 0 Å². The summed E-state index contributed by atoms with van der Waals surface area (Å²) in [6.45, 7) is 1.51. The van der Waals surface area contributed by atoms with E-state index >= 15 is 0 Å². The van der Waals surface area contributed by atoms with E-state index in [4.69, 9.17) is 4.74 Å². The second-order valence-corrected chi connectivity index (χ2v) is 6.60. The van der Waals surface area contributed by atoms with Crippen molar-refractivity contribution >= 4 is 10.0 Å². The van der Waals surface area contributed by atoms with Crippen LogP contribution in [0.25, 0.3) is 0 Å². The number of aliphatic hydroxyl groups is 1. The van der Waals surface area contributed by atoms with Crippen LogP contribution in [-0.2, 0) is 14.8 Å². The highest BCUT2D eigenvalue weighted by atomic mass is 32.2. The molecule has 6 heteroatoms. The third kappa shape index (κ3) is 2.11. The molecule has 2 heterocycles. The zero-order chi connectivity index (χ0) is 11.6. The van der Waals surface area contributed by atoms with Gasteiger partial charge in [-0.25, -0.2) is 8.42 Å². The fourth-order valence-corrected chi connectivity index (χ4v) is 4.59. The van der Waals surface area contributed by atoms with Gasteiger partial charge in [0.05, 0.1) is 17.9 Å². The molecule has 5 nitrogen and oxygen atoms in total. The standard InChI is InChI=1S/C10H19NO4S/c12-9-10(3-6-15-7-4-10)11-5-1-2-8-16(11,13)14/h12H,1-9H2.